The number of carbonyl (C=O) groups excluding carboxylic acids is 1. The zero-order valence-electron chi connectivity index (χ0n) is 11.1. The Labute approximate surface area is 113 Å². The van der Waals surface area contributed by atoms with Crippen LogP contribution in [0.3, 0.4) is 0 Å². The molecule has 1 amide bonds. The van der Waals surface area contributed by atoms with Crippen LogP contribution in [0.25, 0.3) is 0 Å². The summed E-state index contributed by atoms with van der Waals surface area (Å²) in [5, 5.41) is 2.53. The van der Waals surface area contributed by atoms with Gasteiger partial charge in [0.25, 0.3) is 10.1 Å². The Hall–Kier alpha value is -1.60. The number of amides is 1. The molecule has 1 aromatic carbocycles. The van der Waals surface area contributed by atoms with Gasteiger partial charge in [0, 0.05) is 26.1 Å². The van der Waals surface area contributed by atoms with E-state index in [1.807, 2.05) is 13.8 Å². The lowest BCUT2D eigenvalue weighted by atomic mass is 10.2. The van der Waals surface area contributed by atoms with E-state index in [1.54, 1.807) is 4.90 Å². The standard InChI is InChI=1S/C12H17N2O4S/c1-4-14(5-2)11-8-10(13-9(3)15)6-7-12(11)19(16,17)18/h7-8H,4-5H2,1-3H3,(H,13,15)(H,16,17,18). The second-order valence-electron chi connectivity index (χ2n) is 3.92. The molecule has 0 aliphatic rings. The fourth-order valence-electron chi connectivity index (χ4n) is 1.75. The van der Waals surface area contributed by atoms with Crippen LogP contribution in [0.4, 0.5) is 11.4 Å². The Morgan fingerprint density at radius 3 is 2.42 bits per heavy atom. The van der Waals surface area contributed by atoms with Crippen LogP contribution >= 0.6 is 0 Å². The third-order valence-corrected chi connectivity index (χ3v) is 3.47. The van der Waals surface area contributed by atoms with Crippen molar-refractivity contribution in [2.45, 2.75) is 25.7 Å². The van der Waals surface area contributed by atoms with Gasteiger partial charge < -0.3 is 10.2 Å². The van der Waals surface area contributed by atoms with Crippen LogP contribution in [0.2, 0.25) is 0 Å². The monoisotopic (exact) mass is 285 g/mol. The maximum atomic E-state index is 11.3. The summed E-state index contributed by atoms with van der Waals surface area (Å²) in [6.45, 7) is 6.23. The number of anilines is 2. The Kier molecular flexibility index (Phi) is 4.90. The van der Waals surface area contributed by atoms with E-state index in [-0.39, 0.29) is 10.8 Å². The molecule has 0 fully saturated rings. The molecule has 0 aromatic heterocycles. The van der Waals surface area contributed by atoms with Gasteiger partial charge in [-0.15, -0.1) is 0 Å². The zero-order chi connectivity index (χ0) is 14.6. The fourth-order valence-corrected chi connectivity index (χ4v) is 2.41. The van der Waals surface area contributed by atoms with Gasteiger partial charge in [-0.2, -0.15) is 8.42 Å². The molecule has 6 nitrogen and oxygen atoms in total. The molecule has 0 unspecified atom stereocenters. The van der Waals surface area contributed by atoms with Crippen molar-refractivity contribution in [3.63, 3.8) is 0 Å². The minimum Gasteiger partial charge on any atom is -0.371 e. The Morgan fingerprint density at radius 1 is 1.42 bits per heavy atom. The van der Waals surface area contributed by atoms with Crippen LogP contribution in [-0.2, 0) is 14.9 Å². The van der Waals surface area contributed by atoms with Gasteiger partial charge in [-0.25, -0.2) is 0 Å². The number of hydrogen-bond acceptors (Lipinski definition) is 4. The molecule has 0 spiro atoms. The molecular formula is C12H17N2O4S. The molecule has 19 heavy (non-hydrogen) atoms. The highest BCUT2D eigenvalue weighted by atomic mass is 32.2. The number of rotatable bonds is 5. The molecular weight excluding hydrogens is 268 g/mol. The normalized spacial score (nSPS) is 11.2. The maximum absolute atomic E-state index is 11.3. The van der Waals surface area contributed by atoms with Gasteiger partial charge in [-0.3, -0.25) is 9.35 Å². The smallest absolute Gasteiger partial charge is 0.296 e. The van der Waals surface area contributed by atoms with Crippen molar-refractivity contribution in [3.8, 4) is 0 Å². The number of nitrogens with zero attached hydrogens (tertiary/aromatic N) is 1. The molecule has 7 heteroatoms. The molecule has 2 N–H and O–H groups in total. The zero-order valence-corrected chi connectivity index (χ0v) is 11.9. The van der Waals surface area contributed by atoms with E-state index in [2.05, 4.69) is 11.4 Å². The highest BCUT2D eigenvalue weighted by molar-refractivity contribution is 7.86. The molecule has 1 rings (SSSR count). The highest BCUT2D eigenvalue weighted by Gasteiger charge is 2.19. The first-order valence-corrected chi connectivity index (χ1v) is 7.29. The van der Waals surface area contributed by atoms with Crippen molar-refractivity contribution < 1.29 is 17.8 Å². The van der Waals surface area contributed by atoms with Crippen LogP contribution in [0.5, 0.6) is 0 Å². The molecule has 0 atom stereocenters. The largest absolute Gasteiger partial charge is 0.371 e. The SMILES string of the molecule is CCN(CC)c1cc(NC(C)=O)[c]cc1S(=O)(=O)O. The van der Waals surface area contributed by atoms with E-state index in [4.69, 9.17) is 0 Å². The van der Waals surface area contributed by atoms with Crippen LogP contribution in [0.1, 0.15) is 20.8 Å². The van der Waals surface area contributed by atoms with E-state index >= 15 is 0 Å². The summed E-state index contributed by atoms with van der Waals surface area (Å²) in [6, 6.07) is 5.27. The van der Waals surface area contributed by atoms with Gasteiger partial charge in [0.05, 0.1) is 11.4 Å². The second kappa shape index (κ2) is 6.03. The molecule has 0 bridgehead atoms. The minimum atomic E-state index is -4.33. The van der Waals surface area contributed by atoms with Crippen molar-refractivity contribution in [2.75, 3.05) is 23.3 Å². The Balaban J connectivity index is 3.38. The fraction of sp³-hybridized carbons (Fsp3) is 0.417. The molecule has 1 radical (unpaired) electrons. The van der Waals surface area contributed by atoms with Gasteiger partial charge in [0.1, 0.15) is 4.90 Å². The summed E-state index contributed by atoms with van der Waals surface area (Å²) < 4.78 is 31.9. The lowest BCUT2D eigenvalue weighted by molar-refractivity contribution is -0.114. The molecule has 1 aromatic rings. The van der Waals surface area contributed by atoms with Crippen molar-refractivity contribution >= 4 is 27.4 Å². The van der Waals surface area contributed by atoms with E-state index in [1.165, 1.54) is 13.0 Å². The number of carbonyl (C=O) groups is 1. The molecule has 0 saturated heterocycles. The van der Waals surface area contributed by atoms with Gasteiger partial charge in [0.15, 0.2) is 0 Å². The first-order chi connectivity index (χ1) is 8.79. The van der Waals surface area contributed by atoms with Crippen LogP contribution in [0.15, 0.2) is 17.0 Å². The molecule has 0 saturated carbocycles. The van der Waals surface area contributed by atoms with Crippen molar-refractivity contribution in [3.05, 3.63) is 18.2 Å². The third kappa shape index (κ3) is 3.93. The summed E-state index contributed by atoms with van der Waals surface area (Å²) in [7, 11) is -4.33. The summed E-state index contributed by atoms with van der Waals surface area (Å²) in [4.78, 5) is 12.6. The van der Waals surface area contributed by atoms with Gasteiger partial charge in [0.2, 0.25) is 5.91 Å². The van der Waals surface area contributed by atoms with Crippen molar-refractivity contribution in [1.29, 1.82) is 0 Å². The van der Waals surface area contributed by atoms with Crippen LogP contribution in [-0.4, -0.2) is 32.0 Å². The quantitative estimate of drug-likeness (QED) is 0.801. The average Bonchev–Trinajstić information content (AvgIpc) is 2.28. The summed E-state index contributed by atoms with van der Waals surface area (Å²) in [6.07, 6.45) is 0. The lowest BCUT2D eigenvalue weighted by Crippen LogP contribution is -2.24. The first kappa shape index (κ1) is 15.5. The Morgan fingerprint density at radius 2 is 2.00 bits per heavy atom. The minimum absolute atomic E-state index is 0.217. The Bertz CT molecular complexity index is 565. The van der Waals surface area contributed by atoms with Crippen LogP contribution < -0.4 is 10.2 Å². The van der Waals surface area contributed by atoms with Gasteiger partial charge in [-0.1, -0.05) is 0 Å². The van der Waals surface area contributed by atoms with E-state index in [9.17, 15) is 17.8 Å². The topological polar surface area (TPSA) is 86.7 Å². The lowest BCUT2D eigenvalue weighted by Gasteiger charge is -2.23. The maximum Gasteiger partial charge on any atom is 0.296 e. The summed E-state index contributed by atoms with van der Waals surface area (Å²) in [5.74, 6) is -0.277. The van der Waals surface area contributed by atoms with E-state index < -0.39 is 10.1 Å². The first-order valence-electron chi connectivity index (χ1n) is 5.85. The number of hydrogen-bond donors (Lipinski definition) is 2. The van der Waals surface area contributed by atoms with Crippen molar-refractivity contribution in [2.24, 2.45) is 0 Å². The van der Waals surface area contributed by atoms with Crippen molar-refractivity contribution in [1.82, 2.24) is 0 Å². The molecule has 0 aliphatic carbocycles. The van der Waals surface area contributed by atoms with Crippen LogP contribution in [0, 0.1) is 6.07 Å². The van der Waals surface area contributed by atoms with E-state index in [0.29, 0.717) is 24.5 Å². The molecule has 105 valence electrons. The number of nitrogens with one attached hydrogen (secondary N) is 1. The van der Waals surface area contributed by atoms with E-state index in [0.717, 1.165) is 6.07 Å². The summed E-state index contributed by atoms with van der Waals surface area (Å²) >= 11 is 0. The predicted molar refractivity (Wildman–Crippen MR) is 73.0 cm³/mol. The van der Waals surface area contributed by atoms with Gasteiger partial charge in [-0.05, 0) is 26.0 Å². The summed E-state index contributed by atoms with van der Waals surface area (Å²) in [5.41, 5.74) is 0.705. The highest BCUT2D eigenvalue weighted by Crippen LogP contribution is 2.28. The third-order valence-electron chi connectivity index (χ3n) is 2.59. The average molecular weight is 285 g/mol. The molecule has 0 heterocycles. The second-order valence-corrected chi connectivity index (χ2v) is 5.31. The predicted octanol–water partition coefficient (Wildman–Crippen LogP) is 1.54. The van der Waals surface area contributed by atoms with Gasteiger partial charge >= 0.3 is 0 Å². The number of benzene rings is 1. The molecule has 0 aliphatic heterocycles.